The Labute approximate surface area is 176 Å². The van der Waals surface area contributed by atoms with Crippen LogP contribution in [0.4, 0.5) is 5.69 Å². The van der Waals surface area contributed by atoms with Gasteiger partial charge >= 0.3 is 0 Å². The zero-order chi connectivity index (χ0) is 20.8. The number of anilines is 1. The Morgan fingerprint density at radius 1 is 0.931 bits per heavy atom. The SMILES string of the molecule is CC(=O)Nc1ccc(CC(=O)NC(c2ccc(C(C)C)cc2)c2cccs2)cc1. The monoisotopic (exact) mass is 406 g/mol. The molecular weight excluding hydrogens is 380 g/mol. The fourth-order valence-corrected chi connectivity index (χ4v) is 3.96. The molecule has 0 bridgehead atoms. The van der Waals surface area contributed by atoms with Gasteiger partial charge in [-0.1, -0.05) is 56.3 Å². The van der Waals surface area contributed by atoms with Gasteiger partial charge in [0.25, 0.3) is 0 Å². The number of nitrogens with one attached hydrogen (secondary N) is 2. The van der Waals surface area contributed by atoms with E-state index in [9.17, 15) is 9.59 Å². The fourth-order valence-electron chi connectivity index (χ4n) is 3.15. The third kappa shape index (κ3) is 5.78. The first-order valence-corrected chi connectivity index (χ1v) is 10.6. The molecule has 3 aromatic rings. The van der Waals surface area contributed by atoms with E-state index in [1.54, 1.807) is 11.3 Å². The summed E-state index contributed by atoms with van der Waals surface area (Å²) in [6, 6.07) is 19.7. The molecule has 0 fully saturated rings. The fraction of sp³-hybridized carbons (Fsp3) is 0.250. The molecule has 29 heavy (non-hydrogen) atoms. The van der Waals surface area contributed by atoms with E-state index < -0.39 is 0 Å². The second kappa shape index (κ2) is 9.52. The number of hydrogen-bond donors (Lipinski definition) is 2. The summed E-state index contributed by atoms with van der Waals surface area (Å²) in [5.74, 6) is 0.320. The molecule has 0 aliphatic carbocycles. The zero-order valence-corrected chi connectivity index (χ0v) is 17.8. The number of hydrogen-bond acceptors (Lipinski definition) is 3. The Bertz CT molecular complexity index is 946. The summed E-state index contributed by atoms with van der Waals surface area (Å²) in [5, 5.41) is 7.94. The van der Waals surface area contributed by atoms with Gasteiger partial charge in [-0.25, -0.2) is 0 Å². The first kappa shape index (κ1) is 20.8. The van der Waals surface area contributed by atoms with Crippen molar-refractivity contribution >= 4 is 28.8 Å². The minimum Gasteiger partial charge on any atom is -0.344 e. The average molecular weight is 407 g/mol. The van der Waals surface area contributed by atoms with Crippen LogP contribution in [0.3, 0.4) is 0 Å². The molecule has 5 heteroatoms. The normalized spacial score (nSPS) is 11.9. The summed E-state index contributed by atoms with van der Waals surface area (Å²) in [7, 11) is 0. The first-order valence-electron chi connectivity index (χ1n) is 9.71. The maximum Gasteiger partial charge on any atom is 0.225 e. The van der Waals surface area contributed by atoms with E-state index in [0.29, 0.717) is 5.92 Å². The molecule has 0 radical (unpaired) electrons. The van der Waals surface area contributed by atoms with Crippen LogP contribution in [0.1, 0.15) is 54.3 Å². The van der Waals surface area contributed by atoms with Gasteiger partial charge in [-0.15, -0.1) is 11.3 Å². The Kier molecular flexibility index (Phi) is 6.83. The third-order valence-electron chi connectivity index (χ3n) is 4.71. The van der Waals surface area contributed by atoms with Crippen molar-refractivity contribution in [2.75, 3.05) is 5.32 Å². The van der Waals surface area contributed by atoms with Crippen molar-refractivity contribution in [2.45, 2.75) is 39.2 Å². The van der Waals surface area contributed by atoms with Gasteiger partial charge < -0.3 is 10.6 Å². The molecular formula is C24H26N2O2S. The molecule has 0 aliphatic rings. The summed E-state index contributed by atoms with van der Waals surface area (Å²) >= 11 is 1.64. The third-order valence-corrected chi connectivity index (χ3v) is 5.65. The summed E-state index contributed by atoms with van der Waals surface area (Å²) in [4.78, 5) is 25.0. The van der Waals surface area contributed by atoms with Gasteiger partial charge in [0.05, 0.1) is 12.5 Å². The quantitative estimate of drug-likeness (QED) is 0.561. The van der Waals surface area contributed by atoms with Gasteiger partial charge in [-0.2, -0.15) is 0 Å². The van der Waals surface area contributed by atoms with Crippen LogP contribution in [0.5, 0.6) is 0 Å². The minimum atomic E-state index is -0.164. The van der Waals surface area contributed by atoms with E-state index in [1.165, 1.54) is 12.5 Å². The van der Waals surface area contributed by atoms with Gasteiger partial charge in [0.15, 0.2) is 0 Å². The highest BCUT2D eigenvalue weighted by molar-refractivity contribution is 7.10. The predicted octanol–water partition coefficient (Wildman–Crippen LogP) is 5.28. The zero-order valence-electron chi connectivity index (χ0n) is 16.9. The largest absolute Gasteiger partial charge is 0.344 e. The molecule has 2 amide bonds. The van der Waals surface area contributed by atoms with Gasteiger partial charge in [0, 0.05) is 17.5 Å². The standard InChI is InChI=1S/C24H26N2O2S/c1-16(2)19-8-10-20(11-9-19)24(22-5-4-14-29-22)26-23(28)15-18-6-12-21(13-7-18)25-17(3)27/h4-14,16,24H,15H2,1-3H3,(H,25,27)(H,26,28). The van der Waals surface area contributed by atoms with Crippen LogP contribution >= 0.6 is 11.3 Å². The van der Waals surface area contributed by atoms with Crippen molar-refractivity contribution in [1.82, 2.24) is 5.32 Å². The molecule has 1 aromatic heterocycles. The first-order chi connectivity index (χ1) is 13.9. The van der Waals surface area contributed by atoms with E-state index in [2.05, 4.69) is 48.7 Å². The van der Waals surface area contributed by atoms with Crippen LogP contribution < -0.4 is 10.6 Å². The van der Waals surface area contributed by atoms with Gasteiger partial charge in [-0.3, -0.25) is 9.59 Å². The average Bonchev–Trinajstić information content (AvgIpc) is 3.22. The number of amides is 2. The highest BCUT2D eigenvalue weighted by atomic mass is 32.1. The molecule has 1 heterocycles. The van der Waals surface area contributed by atoms with Crippen molar-refractivity contribution in [3.8, 4) is 0 Å². The van der Waals surface area contributed by atoms with E-state index in [1.807, 2.05) is 41.8 Å². The van der Waals surface area contributed by atoms with Crippen LogP contribution in [-0.2, 0) is 16.0 Å². The van der Waals surface area contributed by atoms with E-state index in [4.69, 9.17) is 0 Å². The Morgan fingerprint density at radius 3 is 2.14 bits per heavy atom. The molecule has 0 saturated heterocycles. The Morgan fingerprint density at radius 2 is 1.59 bits per heavy atom. The highest BCUT2D eigenvalue weighted by Crippen LogP contribution is 2.27. The molecule has 1 unspecified atom stereocenters. The van der Waals surface area contributed by atoms with Crippen LogP contribution in [0.25, 0.3) is 0 Å². The summed E-state index contributed by atoms with van der Waals surface area (Å²) in [5.41, 5.74) is 3.98. The van der Waals surface area contributed by atoms with Gasteiger partial charge in [0.1, 0.15) is 0 Å². The number of carbonyl (C=O) groups excluding carboxylic acids is 2. The maximum atomic E-state index is 12.8. The number of rotatable bonds is 7. The molecule has 1 atom stereocenters. The molecule has 2 N–H and O–H groups in total. The van der Waals surface area contributed by atoms with Crippen LogP contribution in [-0.4, -0.2) is 11.8 Å². The predicted molar refractivity (Wildman–Crippen MR) is 119 cm³/mol. The summed E-state index contributed by atoms with van der Waals surface area (Å²) in [6.07, 6.45) is 0.284. The second-order valence-electron chi connectivity index (χ2n) is 7.39. The second-order valence-corrected chi connectivity index (χ2v) is 8.37. The summed E-state index contributed by atoms with van der Waals surface area (Å²) in [6.45, 7) is 5.81. The molecule has 0 saturated carbocycles. The molecule has 4 nitrogen and oxygen atoms in total. The van der Waals surface area contributed by atoms with E-state index in [-0.39, 0.29) is 24.3 Å². The topological polar surface area (TPSA) is 58.2 Å². The minimum absolute atomic E-state index is 0.0383. The highest BCUT2D eigenvalue weighted by Gasteiger charge is 2.18. The lowest BCUT2D eigenvalue weighted by molar-refractivity contribution is -0.121. The molecule has 0 spiro atoms. The Hall–Kier alpha value is -2.92. The van der Waals surface area contributed by atoms with Crippen molar-refractivity contribution in [3.63, 3.8) is 0 Å². The van der Waals surface area contributed by atoms with Gasteiger partial charge in [0.2, 0.25) is 11.8 Å². The summed E-state index contributed by atoms with van der Waals surface area (Å²) < 4.78 is 0. The van der Waals surface area contributed by atoms with E-state index >= 15 is 0 Å². The van der Waals surface area contributed by atoms with Crippen LogP contribution in [0.15, 0.2) is 66.0 Å². The van der Waals surface area contributed by atoms with Crippen molar-refractivity contribution < 1.29 is 9.59 Å². The van der Waals surface area contributed by atoms with Crippen molar-refractivity contribution in [2.24, 2.45) is 0 Å². The lowest BCUT2D eigenvalue weighted by Gasteiger charge is -2.19. The van der Waals surface area contributed by atoms with E-state index in [0.717, 1.165) is 21.7 Å². The number of carbonyl (C=O) groups is 2. The van der Waals surface area contributed by atoms with Crippen LogP contribution in [0.2, 0.25) is 0 Å². The lowest BCUT2D eigenvalue weighted by Crippen LogP contribution is -2.30. The van der Waals surface area contributed by atoms with Crippen LogP contribution in [0, 0.1) is 0 Å². The molecule has 2 aromatic carbocycles. The lowest BCUT2D eigenvalue weighted by atomic mass is 9.98. The number of benzene rings is 2. The van der Waals surface area contributed by atoms with Crippen molar-refractivity contribution in [1.29, 1.82) is 0 Å². The Balaban J connectivity index is 1.72. The molecule has 3 rings (SSSR count). The van der Waals surface area contributed by atoms with Crippen molar-refractivity contribution in [3.05, 3.63) is 87.6 Å². The van der Waals surface area contributed by atoms with Gasteiger partial charge in [-0.05, 0) is 46.2 Å². The molecule has 150 valence electrons. The smallest absolute Gasteiger partial charge is 0.225 e. The maximum absolute atomic E-state index is 12.8. The number of thiophene rings is 1. The molecule has 0 aliphatic heterocycles.